The molecule has 0 aromatic rings. The molecule has 1 atom stereocenters. The standard InChI is InChI=1S/C12H21N3S/c1-15-7-4-10(8-15)13-11-14-12(9-16-11)5-2-3-6-12/h10H,2-9H2,1H3,(H,13,14). The Morgan fingerprint density at radius 1 is 1.44 bits per heavy atom. The Bertz CT molecular complexity index is 297. The Labute approximate surface area is 102 Å². The number of rotatable bonds is 1. The molecule has 0 amide bonds. The van der Waals surface area contributed by atoms with Crippen LogP contribution in [0.3, 0.4) is 0 Å². The van der Waals surface area contributed by atoms with Crippen molar-refractivity contribution in [1.82, 2.24) is 10.2 Å². The van der Waals surface area contributed by atoms with E-state index in [1.165, 1.54) is 49.6 Å². The van der Waals surface area contributed by atoms with E-state index in [0.717, 1.165) is 6.54 Å². The maximum Gasteiger partial charge on any atom is 0.157 e. The van der Waals surface area contributed by atoms with E-state index in [9.17, 15) is 0 Å². The molecule has 2 saturated heterocycles. The molecular formula is C12H21N3S. The molecule has 0 bridgehead atoms. The first-order valence-corrected chi connectivity index (χ1v) is 7.42. The van der Waals surface area contributed by atoms with Crippen LogP contribution in [0.2, 0.25) is 0 Å². The lowest BCUT2D eigenvalue weighted by atomic mass is 10.0. The van der Waals surface area contributed by atoms with Gasteiger partial charge in [-0.15, -0.1) is 0 Å². The molecule has 1 unspecified atom stereocenters. The molecule has 0 radical (unpaired) electrons. The van der Waals surface area contributed by atoms with Crippen LogP contribution in [0.15, 0.2) is 4.99 Å². The van der Waals surface area contributed by atoms with Crippen molar-refractivity contribution >= 4 is 16.9 Å². The van der Waals surface area contributed by atoms with Crippen LogP contribution in [-0.2, 0) is 0 Å². The van der Waals surface area contributed by atoms with Crippen molar-refractivity contribution in [3.8, 4) is 0 Å². The van der Waals surface area contributed by atoms with Gasteiger partial charge in [0, 0.05) is 17.8 Å². The highest BCUT2D eigenvalue weighted by molar-refractivity contribution is 8.14. The quantitative estimate of drug-likeness (QED) is 0.755. The fourth-order valence-electron chi connectivity index (χ4n) is 3.08. The van der Waals surface area contributed by atoms with Crippen LogP contribution in [0.4, 0.5) is 0 Å². The summed E-state index contributed by atoms with van der Waals surface area (Å²) in [6, 6.07) is 0.538. The minimum absolute atomic E-state index is 0.425. The van der Waals surface area contributed by atoms with Gasteiger partial charge in [-0.05, 0) is 32.9 Å². The summed E-state index contributed by atoms with van der Waals surface area (Å²) in [5.74, 6) is 1.24. The Morgan fingerprint density at radius 3 is 2.94 bits per heavy atom. The summed E-state index contributed by atoms with van der Waals surface area (Å²) in [6.45, 7) is 2.34. The fraction of sp³-hybridized carbons (Fsp3) is 0.917. The van der Waals surface area contributed by atoms with E-state index in [-0.39, 0.29) is 0 Å². The highest BCUT2D eigenvalue weighted by Crippen LogP contribution is 2.37. The topological polar surface area (TPSA) is 27.6 Å². The van der Waals surface area contributed by atoms with Crippen LogP contribution in [0.1, 0.15) is 32.1 Å². The number of amidine groups is 1. The Hall–Kier alpha value is -0.220. The predicted molar refractivity (Wildman–Crippen MR) is 70.1 cm³/mol. The van der Waals surface area contributed by atoms with Crippen LogP contribution in [-0.4, -0.2) is 47.5 Å². The molecule has 90 valence electrons. The zero-order chi connectivity index (χ0) is 11.0. The molecule has 2 heterocycles. The molecule has 1 spiro atoms. The molecule has 3 nitrogen and oxygen atoms in total. The van der Waals surface area contributed by atoms with E-state index in [2.05, 4.69) is 17.3 Å². The van der Waals surface area contributed by atoms with Crippen molar-refractivity contribution in [3.63, 3.8) is 0 Å². The summed E-state index contributed by atoms with van der Waals surface area (Å²) in [7, 11) is 2.19. The van der Waals surface area contributed by atoms with Crippen molar-refractivity contribution in [3.05, 3.63) is 0 Å². The van der Waals surface area contributed by atoms with E-state index in [0.29, 0.717) is 11.6 Å². The molecule has 0 aromatic heterocycles. The van der Waals surface area contributed by atoms with Crippen LogP contribution in [0, 0.1) is 0 Å². The molecule has 3 rings (SSSR count). The lowest BCUT2D eigenvalue weighted by molar-refractivity contribution is 0.411. The highest BCUT2D eigenvalue weighted by Gasteiger charge is 2.39. The first kappa shape index (κ1) is 10.9. The summed E-state index contributed by atoms with van der Waals surface area (Å²) in [4.78, 5) is 7.25. The second-order valence-electron chi connectivity index (χ2n) is 5.54. The van der Waals surface area contributed by atoms with Gasteiger partial charge in [0.25, 0.3) is 0 Å². The van der Waals surface area contributed by atoms with Gasteiger partial charge in [-0.3, -0.25) is 4.99 Å². The Morgan fingerprint density at radius 2 is 2.25 bits per heavy atom. The first-order chi connectivity index (χ1) is 7.76. The molecule has 2 aliphatic heterocycles. The molecule has 3 fully saturated rings. The van der Waals surface area contributed by atoms with Gasteiger partial charge in [-0.1, -0.05) is 24.6 Å². The fourth-order valence-corrected chi connectivity index (χ4v) is 4.37. The second kappa shape index (κ2) is 4.22. The second-order valence-corrected chi connectivity index (χ2v) is 6.50. The normalized spacial score (nSPS) is 36.3. The average Bonchev–Trinajstić information content (AvgIpc) is 2.94. The highest BCUT2D eigenvalue weighted by atomic mass is 32.2. The van der Waals surface area contributed by atoms with Gasteiger partial charge in [0.2, 0.25) is 0 Å². The number of likely N-dealkylation sites (tertiary alicyclic amines) is 1. The van der Waals surface area contributed by atoms with Gasteiger partial charge in [-0.25, -0.2) is 0 Å². The van der Waals surface area contributed by atoms with Gasteiger partial charge in [-0.2, -0.15) is 0 Å². The third kappa shape index (κ3) is 2.09. The SMILES string of the molecule is CN1CCC(N=C2NC3(CCCC3)CS2)C1. The number of thioether (sulfide) groups is 1. The zero-order valence-electron chi connectivity index (χ0n) is 10.0. The van der Waals surface area contributed by atoms with Crippen LogP contribution >= 0.6 is 11.8 Å². The molecule has 4 heteroatoms. The average molecular weight is 239 g/mol. The van der Waals surface area contributed by atoms with Crippen LogP contribution in [0.25, 0.3) is 0 Å². The lowest BCUT2D eigenvalue weighted by Crippen LogP contribution is -2.41. The van der Waals surface area contributed by atoms with Crippen molar-refractivity contribution in [1.29, 1.82) is 0 Å². The molecule has 3 aliphatic rings. The van der Waals surface area contributed by atoms with Gasteiger partial charge in [0.05, 0.1) is 6.04 Å². The summed E-state index contributed by atoms with van der Waals surface area (Å²) in [5, 5.41) is 4.93. The van der Waals surface area contributed by atoms with Crippen LogP contribution in [0.5, 0.6) is 0 Å². The minimum Gasteiger partial charge on any atom is -0.359 e. The third-order valence-electron chi connectivity index (χ3n) is 4.08. The molecule has 16 heavy (non-hydrogen) atoms. The zero-order valence-corrected chi connectivity index (χ0v) is 10.9. The Balaban J connectivity index is 1.62. The Kier molecular flexibility index (Phi) is 2.88. The number of hydrogen-bond acceptors (Lipinski definition) is 3. The van der Waals surface area contributed by atoms with E-state index in [1.807, 2.05) is 11.8 Å². The van der Waals surface area contributed by atoms with Crippen LogP contribution < -0.4 is 5.32 Å². The molecule has 1 N–H and O–H groups in total. The monoisotopic (exact) mass is 239 g/mol. The maximum absolute atomic E-state index is 4.87. The number of likely N-dealkylation sites (N-methyl/N-ethyl adjacent to an activating group) is 1. The summed E-state index contributed by atoms with van der Waals surface area (Å²) in [5.41, 5.74) is 0.425. The van der Waals surface area contributed by atoms with Gasteiger partial charge in [0.15, 0.2) is 5.17 Å². The lowest BCUT2D eigenvalue weighted by Gasteiger charge is -2.22. The predicted octanol–water partition coefficient (Wildman–Crippen LogP) is 1.70. The minimum atomic E-state index is 0.425. The summed E-state index contributed by atoms with van der Waals surface area (Å²) < 4.78 is 0. The van der Waals surface area contributed by atoms with E-state index < -0.39 is 0 Å². The van der Waals surface area contributed by atoms with Gasteiger partial charge < -0.3 is 10.2 Å². The maximum atomic E-state index is 4.87. The summed E-state index contributed by atoms with van der Waals surface area (Å²) >= 11 is 1.95. The smallest absolute Gasteiger partial charge is 0.157 e. The number of nitrogens with one attached hydrogen (secondary N) is 1. The molecule has 1 aliphatic carbocycles. The number of aliphatic imine (C=N–C) groups is 1. The largest absolute Gasteiger partial charge is 0.359 e. The van der Waals surface area contributed by atoms with Crippen molar-refractivity contribution in [2.24, 2.45) is 4.99 Å². The summed E-state index contributed by atoms with van der Waals surface area (Å²) in [6.07, 6.45) is 6.72. The van der Waals surface area contributed by atoms with Gasteiger partial charge >= 0.3 is 0 Å². The van der Waals surface area contributed by atoms with Crippen molar-refractivity contribution < 1.29 is 0 Å². The third-order valence-corrected chi connectivity index (χ3v) is 5.26. The first-order valence-electron chi connectivity index (χ1n) is 6.43. The molecular weight excluding hydrogens is 218 g/mol. The van der Waals surface area contributed by atoms with Crippen molar-refractivity contribution in [2.75, 3.05) is 25.9 Å². The number of nitrogens with zero attached hydrogens (tertiary/aromatic N) is 2. The van der Waals surface area contributed by atoms with E-state index in [4.69, 9.17) is 4.99 Å². The molecule has 1 saturated carbocycles. The van der Waals surface area contributed by atoms with E-state index >= 15 is 0 Å². The molecule has 0 aromatic carbocycles. The van der Waals surface area contributed by atoms with Crippen molar-refractivity contribution in [2.45, 2.75) is 43.7 Å². The van der Waals surface area contributed by atoms with Gasteiger partial charge in [0.1, 0.15) is 0 Å². The number of hydrogen-bond donors (Lipinski definition) is 1. The van der Waals surface area contributed by atoms with E-state index in [1.54, 1.807) is 0 Å².